The molecule has 2 aliphatic rings. The van der Waals surface area contributed by atoms with Gasteiger partial charge >= 0.3 is 5.97 Å². The maximum absolute atomic E-state index is 12.2. The second kappa shape index (κ2) is 7.30. The maximum Gasteiger partial charge on any atom is 0.344 e. The maximum atomic E-state index is 12.2. The Hall–Kier alpha value is -1.95. The molecule has 1 atom stereocenters. The fourth-order valence-corrected chi connectivity index (χ4v) is 3.94. The van der Waals surface area contributed by atoms with Crippen molar-refractivity contribution in [3.8, 4) is 5.75 Å². The molecule has 0 spiro atoms. The molecular weight excluding hydrogens is 324 g/mol. The number of rotatable bonds is 5. The van der Waals surface area contributed by atoms with Gasteiger partial charge in [0.2, 0.25) is 4.87 Å². The molecule has 0 radical (unpaired) electrons. The number of aliphatic imine (C=N–C) groups is 1. The minimum absolute atomic E-state index is 0.277. The van der Waals surface area contributed by atoms with E-state index in [1.807, 2.05) is 23.6 Å². The summed E-state index contributed by atoms with van der Waals surface area (Å²) in [7, 11) is 3.09. The molecule has 6 heteroatoms. The Bertz CT molecular complexity index is 647. The zero-order chi connectivity index (χ0) is 17.0. The molecule has 0 aromatic heterocycles. The summed E-state index contributed by atoms with van der Waals surface area (Å²) in [5, 5.41) is 1.93. The fraction of sp³-hybridized carbons (Fsp3) is 0.444. The van der Waals surface area contributed by atoms with Crippen LogP contribution in [0, 0.1) is 0 Å². The number of amidine groups is 1. The first-order chi connectivity index (χ1) is 11.7. The summed E-state index contributed by atoms with van der Waals surface area (Å²) in [5.74, 6) is 1.57. The number of esters is 1. The van der Waals surface area contributed by atoms with Crippen molar-refractivity contribution < 1.29 is 14.3 Å². The van der Waals surface area contributed by atoms with Crippen LogP contribution in [0.3, 0.4) is 0 Å². The summed E-state index contributed by atoms with van der Waals surface area (Å²) < 4.78 is 10.2. The summed E-state index contributed by atoms with van der Waals surface area (Å²) in [4.78, 5) is 18.5. The van der Waals surface area contributed by atoms with Gasteiger partial charge in [-0.05, 0) is 29.5 Å². The molecule has 1 aromatic rings. The van der Waals surface area contributed by atoms with Gasteiger partial charge in [0.1, 0.15) is 11.6 Å². The molecule has 0 aliphatic carbocycles. The van der Waals surface area contributed by atoms with E-state index < -0.39 is 4.87 Å². The van der Waals surface area contributed by atoms with Crippen molar-refractivity contribution in [1.82, 2.24) is 4.90 Å². The Morgan fingerprint density at radius 1 is 1.33 bits per heavy atom. The van der Waals surface area contributed by atoms with Crippen molar-refractivity contribution in [2.24, 2.45) is 4.99 Å². The number of benzene rings is 1. The summed E-state index contributed by atoms with van der Waals surface area (Å²) in [6, 6.07) is 8.07. The fourth-order valence-electron chi connectivity index (χ4n) is 3.00. The third kappa shape index (κ3) is 3.43. The van der Waals surface area contributed by atoms with Crippen molar-refractivity contribution in [2.45, 2.75) is 30.7 Å². The Balaban J connectivity index is 1.77. The van der Waals surface area contributed by atoms with Crippen LogP contribution in [0.25, 0.3) is 0 Å². The Kier molecular flexibility index (Phi) is 5.14. The van der Waals surface area contributed by atoms with Crippen molar-refractivity contribution in [1.29, 1.82) is 0 Å². The molecule has 0 N–H and O–H groups in total. The van der Waals surface area contributed by atoms with Crippen LogP contribution in [-0.4, -0.2) is 42.3 Å². The van der Waals surface area contributed by atoms with E-state index in [4.69, 9.17) is 14.5 Å². The summed E-state index contributed by atoms with van der Waals surface area (Å²) in [6.07, 6.45) is 4.53. The average molecular weight is 346 g/mol. The first-order valence-electron chi connectivity index (χ1n) is 8.05. The summed E-state index contributed by atoms with van der Waals surface area (Å²) in [5.41, 5.74) is 1.20. The van der Waals surface area contributed by atoms with Crippen LogP contribution in [0.15, 0.2) is 40.7 Å². The van der Waals surface area contributed by atoms with Crippen LogP contribution in [0.2, 0.25) is 0 Å². The van der Waals surface area contributed by atoms with E-state index in [0.717, 1.165) is 37.5 Å². The van der Waals surface area contributed by atoms with E-state index in [1.165, 1.54) is 24.4 Å². The molecule has 24 heavy (non-hydrogen) atoms. The number of methoxy groups -OCH3 is 2. The van der Waals surface area contributed by atoms with Crippen molar-refractivity contribution in [2.75, 3.05) is 20.8 Å². The highest BCUT2D eigenvalue weighted by molar-refractivity contribution is 8.04. The number of nitrogens with zero attached hydrogens (tertiary/aromatic N) is 2. The van der Waals surface area contributed by atoms with Crippen LogP contribution >= 0.6 is 11.8 Å². The van der Waals surface area contributed by atoms with Crippen LogP contribution in [0.4, 0.5) is 0 Å². The van der Waals surface area contributed by atoms with Gasteiger partial charge in [0.25, 0.3) is 0 Å². The Morgan fingerprint density at radius 2 is 2.12 bits per heavy atom. The first-order valence-corrected chi connectivity index (χ1v) is 8.93. The Morgan fingerprint density at radius 3 is 2.75 bits per heavy atom. The predicted octanol–water partition coefficient (Wildman–Crippen LogP) is 3.21. The van der Waals surface area contributed by atoms with Crippen LogP contribution in [-0.2, 0) is 16.1 Å². The van der Waals surface area contributed by atoms with Gasteiger partial charge in [-0.25, -0.2) is 9.79 Å². The van der Waals surface area contributed by atoms with Gasteiger partial charge in [0.15, 0.2) is 0 Å². The minimum Gasteiger partial charge on any atom is -0.497 e. The largest absolute Gasteiger partial charge is 0.497 e. The van der Waals surface area contributed by atoms with Crippen molar-refractivity contribution in [3.05, 3.63) is 41.3 Å². The van der Waals surface area contributed by atoms with E-state index in [2.05, 4.69) is 17.0 Å². The van der Waals surface area contributed by atoms with Crippen molar-refractivity contribution >= 4 is 23.6 Å². The number of hydrogen-bond acceptors (Lipinski definition) is 5. The van der Waals surface area contributed by atoms with E-state index in [1.54, 1.807) is 7.11 Å². The number of hydrogen-bond donors (Lipinski definition) is 0. The van der Waals surface area contributed by atoms with Gasteiger partial charge < -0.3 is 14.4 Å². The average Bonchev–Trinajstić information content (AvgIpc) is 3.26. The van der Waals surface area contributed by atoms with Gasteiger partial charge in [0.05, 0.1) is 14.2 Å². The zero-order valence-electron chi connectivity index (χ0n) is 14.0. The molecule has 3 rings (SSSR count). The third-order valence-electron chi connectivity index (χ3n) is 4.29. The molecule has 0 amide bonds. The third-order valence-corrected chi connectivity index (χ3v) is 5.44. The van der Waals surface area contributed by atoms with Gasteiger partial charge in [-0.2, -0.15) is 0 Å². The lowest BCUT2D eigenvalue weighted by atomic mass is 10.2. The predicted molar refractivity (Wildman–Crippen MR) is 96.2 cm³/mol. The van der Waals surface area contributed by atoms with Crippen LogP contribution in [0.5, 0.6) is 5.75 Å². The lowest BCUT2D eigenvalue weighted by Gasteiger charge is -2.25. The molecule has 2 aliphatic heterocycles. The smallest absolute Gasteiger partial charge is 0.344 e. The lowest BCUT2D eigenvalue weighted by molar-refractivity contribution is -0.143. The van der Waals surface area contributed by atoms with Crippen molar-refractivity contribution in [3.63, 3.8) is 0 Å². The number of ether oxygens (including phenoxy) is 2. The van der Waals surface area contributed by atoms with Gasteiger partial charge in [0, 0.05) is 25.9 Å². The highest BCUT2D eigenvalue weighted by Crippen LogP contribution is 2.40. The first kappa shape index (κ1) is 16.9. The number of likely N-dealkylation sites (tertiary alicyclic amines) is 1. The molecule has 0 bridgehead atoms. The minimum atomic E-state index is -0.841. The second-order valence-corrected chi connectivity index (χ2v) is 7.05. The standard InChI is InChI=1S/C18H22N2O3S/c1-22-15-8-6-14(7-9-15)13-20-11-3-5-16(20)19-18(17(21)23-2)10-4-12-24-18/h4,6-9,12H,3,5,10-11,13H2,1-2H3. The summed E-state index contributed by atoms with van der Waals surface area (Å²) in [6.45, 7) is 1.75. The molecule has 1 unspecified atom stereocenters. The second-order valence-electron chi connectivity index (χ2n) is 5.87. The monoisotopic (exact) mass is 346 g/mol. The number of thioether (sulfide) groups is 1. The van der Waals surface area contributed by atoms with E-state index in [9.17, 15) is 4.79 Å². The normalized spacial score (nSPS) is 24.6. The van der Waals surface area contributed by atoms with Gasteiger partial charge in [-0.1, -0.05) is 30.0 Å². The zero-order valence-corrected chi connectivity index (χ0v) is 14.8. The number of carbonyl (C=O) groups is 1. The highest BCUT2D eigenvalue weighted by Gasteiger charge is 2.42. The topological polar surface area (TPSA) is 51.1 Å². The molecule has 1 fully saturated rings. The molecule has 1 saturated heterocycles. The SMILES string of the molecule is COC(=O)C1(N=C2CCCN2Cc2ccc(OC)cc2)CC=CS1. The Labute approximate surface area is 146 Å². The van der Waals surface area contributed by atoms with Crippen LogP contribution in [0.1, 0.15) is 24.8 Å². The lowest BCUT2D eigenvalue weighted by Crippen LogP contribution is -2.35. The molecule has 2 heterocycles. The van der Waals surface area contributed by atoms with E-state index >= 15 is 0 Å². The molecular formula is C18H22N2O3S. The number of carbonyl (C=O) groups excluding carboxylic acids is 1. The molecule has 1 aromatic carbocycles. The quantitative estimate of drug-likeness (QED) is 0.766. The van der Waals surface area contributed by atoms with Crippen LogP contribution < -0.4 is 4.74 Å². The van der Waals surface area contributed by atoms with E-state index in [0.29, 0.717) is 6.42 Å². The molecule has 128 valence electrons. The molecule has 5 nitrogen and oxygen atoms in total. The highest BCUT2D eigenvalue weighted by atomic mass is 32.2. The molecule has 0 saturated carbocycles. The van der Waals surface area contributed by atoms with E-state index in [-0.39, 0.29) is 5.97 Å². The summed E-state index contributed by atoms with van der Waals surface area (Å²) >= 11 is 1.44. The van der Waals surface area contributed by atoms with Gasteiger partial charge in [-0.3, -0.25) is 0 Å². The van der Waals surface area contributed by atoms with Gasteiger partial charge in [-0.15, -0.1) is 0 Å².